The summed E-state index contributed by atoms with van der Waals surface area (Å²) in [4.78, 5) is 1.38. The molecule has 0 spiro atoms. The third kappa shape index (κ3) is 1.76. The summed E-state index contributed by atoms with van der Waals surface area (Å²) in [6, 6.07) is 2.48. The number of rotatable bonds is 3. The third-order valence-corrected chi connectivity index (χ3v) is 6.17. The van der Waals surface area contributed by atoms with Gasteiger partial charge in [-0.05, 0) is 58.0 Å². The molecule has 0 saturated heterocycles. The first-order chi connectivity index (χ1) is 7.83. The predicted octanol–water partition coefficient (Wildman–Crippen LogP) is 3.45. The first-order valence-electron chi connectivity index (χ1n) is 6.02. The van der Waals surface area contributed by atoms with Crippen molar-refractivity contribution < 1.29 is 0 Å². The molecule has 0 bridgehead atoms. The van der Waals surface area contributed by atoms with Crippen LogP contribution in [0.5, 0.6) is 0 Å². The minimum Gasteiger partial charge on any atom is -0.271 e. The summed E-state index contributed by atoms with van der Waals surface area (Å²) in [6.45, 7) is 0. The van der Waals surface area contributed by atoms with Gasteiger partial charge in [0.2, 0.25) is 0 Å². The Balaban J connectivity index is 1.80. The van der Waals surface area contributed by atoms with Crippen molar-refractivity contribution in [3.63, 3.8) is 0 Å². The molecule has 16 heavy (non-hydrogen) atoms. The molecule has 4 heteroatoms. The fraction of sp³-hybridized carbons (Fsp3) is 0.667. The summed E-state index contributed by atoms with van der Waals surface area (Å²) < 4.78 is 1.21. The average Bonchev–Trinajstić information content (AvgIpc) is 2.87. The summed E-state index contributed by atoms with van der Waals surface area (Å²) in [6.07, 6.45) is 5.66. The monoisotopic (exact) mass is 300 g/mol. The Labute approximate surface area is 109 Å². The van der Waals surface area contributed by atoms with Crippen LogP contribution in [0, 0.1) is 17.8 Å². The Hall–Kier alpha value is 0.100. The second-order valence-electron chi connectivity index (χ2n) is 4.97. The third-order valence-electron chi connectivity index (χ3n) is 4.21. The van der Waals surface area contributed by atoms with Gasteiger partial charge in [0.15, 0.2) is 0 Å². The van der Waals surface area contributed by atoms with Crippen LogP contribution in [-0.2, 0) is 0 Å². The summed E-state index contributed by atoms with van der Waals surface area (Å²) >= 11 is 5.42. The van der Waals surface area contributed by atoms with Gasteiger partial charge in [0.1, 0.15) is 0 Å². The molecule has 1 aromatic rings. The Morgan fingerprint density at radius 2 is 2.06 bits per heavy atom. The second-order valence-corrected chi connectivity index (χ2v) is 6.77. The molecular weight excluding hydrogens is 284 g/mol. The van der Waals surface area contributed by atoms with Gasteiger partial charge in [-0.1, -0.05) is 12.8 Å². The topological polar surface area (TPSA) is 38.0 Å². The molecule has 2 nitrogen and oxygen atoms in total. The van der Waals surface area contributed by atoms with E-state index < -0.39 is 0 Å². The second kappa shape index (κ2) is 4.41. The molecule has 1 aromatic heterocycles. The molecule has 3 unspecified atom stereocenters. The first kappa shape index (κ1) is 11.2. The van der Waals surface area contributed by atoms with Crippen molar-refractivity contribution in [3.05, 3.63) is 20.8 Å². The number of nitrogens with two attached hydrogens (primary N) is 1. The van der Waals surface area contributed by atoms with E-state index >= 15 is 0 Å². The Kier molecular flexibility index (Phi) is 3.09. The largest absolute Gasteiger partial charge is 0.271 e. The fourth-order valence-electron chi connectivity index (χ4n) is 3.43. The van der Waals surface area contributed by atoms with E-state index in [0.29, 0.717) is 6.04 Å². The highest BCUT2D eigenvalue weighted by Gasteiger charge is 2.54. The maximum atomic E-state index is 5.76. The van der Waals surface area contributed by atoms with Crippen molar-refractivity contribution in [1.82, 2.24) is 5.43 Å². The standard InChI is InChI=1S/C12H17BrN2S/c13-9-5-6-16-12(9)11(15-14)10-7-3-1-2-4-8(7)10/h5-8,10-11,15H,1-4,14H2. The van der Waals surface area contributed by atoms with Crippen molar-refractivity contribution in [1.29, 1.82) is 0 Å². The van der Waals surface area contributed by atoms with Gasteiger partial charge in [-0.2, -0.15) is 0 Å². The molecular formula is C12H17BrN2S. The van der Waals surface area contributed by atoms with Crippen LogP contribution in [0.1, 0.15) is 36.6 Å². The van der Waals surface area contributed by atoms with Gasteiger partial charge in [0.25, 0.3) is 0 Å². The number of hydrogen-bond acceptors (Lipinski definition) is 3. The van der Waals surface area contributed by atoms with E-state index in [1.807, 2.05) is 0 Å². The summed E-state index contributed by atoms with van der Waals surface area (Å²) in [5.41, 5.74) is 3.04. The molecule has 2 aliphatic carbocycles. The number of halogens is 1. The number of hydrogen-bond donors (Lipinski definition) is 2. The van der Waals surface area contributed by atoms with Crippen LogP contribution in [-0.4, -0.2) is 0 Å². The van der Waals surface area contributed by atoms with Crippen LogP contribution in [0.15, 0.2) is 15.9 Å². The van der Waals surface area contributed by atoms with E-state index in [1.165, 1.54) is 35.0 Å². The van der Waals surface area contributed by atoms with E-state index in [2.05, 4.69) is 32.8 Å². The molecule has 1 heterocycles. The van der Waals surface area contributed by atoms with Crippen LogP contribution in [0.3, 0.4) is 0 Å². The normalized spacial score (nSPS) is 34.5. The smallest absolute Gasteiger partial charge is 0.0598 e. The van der Waals surface area contributed by atoms with Crippen molar-refractivity contribution in [2.45, 2.75) is 31.7 Å². The van der Waals surface area contributed by atoms with E-state index in [0.717, 1.165) is 17.8 Å². The maximum absolute atomic E-state index is 5.76. The van der Waals surface area contributed by atoms with Crippen LogP contribution < -0.4 is 11.3 Å². The predicted molar refractivity (Wildman–Crippen MR) is 71.0 cm³/mol. The molecule has 2 aliphatic rings. The molecule has 0 amide bonds. The lowest BCUT2D eigenvalue weighted by Crippen LogP contribution is -2.30. The molecule has 0 aromatic carbocycles. The van der Waals surface area contributed by atoms with Crippen molar-refractivity contribution in [3.8, 4) is 0 Å². The van der Waals surface area contributed by atoms with E-state index in [1.54, 1.807) is 11.3 Å². The number of fused-ring (bicyclic) bond motifs is 1. The van der Waals surface area contributed by atoms with Gasteiger partial charge < -0.3 is 0 Å². The minimum absolute atomic E-state index is 0.363. The first-order valence-corrected chi connectivity index (χ1v) is 7.69. The molecule has 3 N–H and O–H groups in total. The fourth-order valence-corrected chi connectivity index (χ4v) is 5.17. The van der Waals surface area contributed by atoms with Gasteiger partial charge in [-0.25, -0.2) is 0 Å². The van der Waals surface area contributed by atoms with Crippen LogP contribution in [0.4, 0.5) is 0 Å². The molecule has 88 valence electrons. The zero-order chi connectivity index (χ0) is 11.1. The average molecular weight is 301 g/mol. The Bertz CT molecular complexity index is 367. The summed E-state index contributed by atoms with van der Waals surface area (Å²) in [7, 11) is 0. The highest BCUT2D eigenvalue weighted by Crippen LogP contribution is 2.61. The lowest BCUT2D eigenvalue weighted by Gasteiger charge is -2.15. The number of nitrogens with one attached hydrogen (secondary N) is 1. The molecule has 2 fully saturated rings. The van der Waals surface area contributed by atoms with Crippen molar-refractivity contribution in [2.75, 3.05) is 0 Å². The van der Waals surface area contributed by atoms with Crippen molar-refractivity contribution >= 4 is 27.3 Å². The van der Waals surface area contributed by atoms with Crippen molar-refractivity contribution in [2.24, 2.45) is 23.6 Å². The molecule has 0 radical (unpaired) electrons. The number of hydrazine groups is 1. The van der Waals surface area contributed by atoms with Gasteiger partial charge in [0.05, 0.1) is 6.04 Å². The lowest BCUT2D eigenvalue weighted by atomic mass is 10.0. The Morgan fingerprint density at radius 3 is 2.56 bits per heavy atom. The molecule has 3 rings (SSSR count). The molecule has 3 atom stereocenters. The highest BCUT2D eigenvalue weighted by molar-refractivity contribution is 9.10. The van der Waals surface area contributed by atoms with Gasteiger partial charge in [-0.15, -0.1) is 11.3 Å². The zero-order valence-corrected chi connectivity index (χ0v) is 11.6. The van der Waals surface area contributed by atoms with E-state index in [9.17, 15) is 0 Å². The van der Waals surface area contributed by atoms with Crippen LogP contribution >= 0.6 is 27.3 Å². The van der Waals surface area contributed by atoms with Gasteiger partial charge in [0, 0.05) is 9.35 Å². The van der Waals surface area contributed by atoms with E-state index in [4.69, 9.17) is 5.84 Å². The number of thiophene rings is 1. The molecule has 2 saturated carbocycles. The SMILES string of the molecule is NNC(c1sccc1Br)C1C2CCCCC21. The lowest BCUT2D eigenvalue weighted by molar-refractivity contribution is 0.462. The quantitative estimate of drug-likeness (QED) is 0.663. The maximum Gasteiger partial charge on any atom is 0.0598 e. The zero-order valence-electron chi connectivity index (χ0n) is 9.16. The van der Waals surface area contributed by atoms with Crippen LogP contribution in [0.2, 0.25) is 0 Å². The molecule has 0 aliphatic heterocycles. The minimum atomic E-state index is 0.363. The summed E-state index contributed by atoms with van der Waals surface area (Å²) in [5.74, 6) is 8.41. The van der Waals surface area contributed by atoms with Gasteiger partial charge >= 0.3 is 0 Å². The Morgan fingerprint density at radius 1 is 1.38 bits per heavy atom. The van der Waals surface area contributed by atoms with Gasteiger partial charge in [-0.3, -0.25) is 11.3 Å². The highest BCUT2D eigenvalue weighted by atomic mass is 79.9. The summed E-state index contributed by atoms with van der Waals surface area (Å²) in [5, 5.41) is 2.13. The van der Waals surface area contributed by atoms with Crippen LogP contribution in [0.25, 0.3) is 0 Å². The van der Waals surface area contributed by atoms with E-state index in [-0.39, 0.29) is 0 Å².